The molecule has 0 aromatic heterocycles. The van der Waals surface area contributed by atoms with Crippen LogP contribution < -0.4 is 10.6 Å². The predicted octanol–water partition coefficient (Wildman–Crippen LogP) is 0.867. The second-order valence-corrected chi connectivity index (χ2v) is 5.49. The fourth-order valence-corrected chi connectivity index (χ4v) is 2.85. The van der Waals surface area contributed by atoms with E-state index in [4.69, 9.17) is 0 Å². The molecule has 0 bridgehead atoms. The largest absolute Gasteiger partial charge is 0.392 e. The summed E-state index contributed by atoms with van der Waals surface area (Å²) in [6.45, 7) is 0.445. The Kier molecular flexibility index (Phi) is 3.54. The Morgan fingerprint density at radius 1 is 1.35 bits per heavy atom. The Morgan fingerprint density at radius 3 is 2.95 bits per heavy atom. The first-order chi connectivity index (χ1) is 9.63. The zero-order chi connectivity index (χ0) is 14.1. The van der Waals surface area contributed by atoms with Gasteiger partial charge in [-0.2, -0.15) is 0 Å². The van der Waals surface area contributed by atoms with E-state index in [2.05, 4.69) is 10.6 Å². The van der Waals surface area contributed by atoms with Crippen LogP contribution in [0.15, 0.2) is 18.2 Å². The number of ketones is 1. The smallest absolute Gasteiger partial charge is 0.241 e. The SMILES string of the molecule is O=C1CCCc2ccc(NC(=O)C3CC(O)CN3)cc21. The molecule has 1 aromatic carbocycles. The molecular weight excluding hydrogens is 256 g/mol. The first-order valence-electron chi connectivity index (χ1n) is 7.02. The van der Waals surface area contributed by atoms with Crippen LogP contribution in [-0.4, -0.2) is 35.5 Å². The summed E-state index contributed by atoms with van der Waals surface area (Å²) in [5.74, 6) is -0.0125. The molecule has 2 unspecified atom stereocenters. The van der Waals surface area contributed by atoms with Crippen LogP contribution >= 0.6 is 0 Å². The van der Waals surface area contributed by atoms with Crippen LogP contribution in [-0.2, 0) is 11.2 Å². The van der Waals surface area contributed by atoms with Gasteiger partial charge in [0.1, 0.15) is 0 Å². The van der Waals surface area contributed by atoms with Crippen molar-refractivity contribution in [3.05, 3.63) is 29.3 Å². The molecule has 5 nitrogen and oxygen atoms in total. The highest BCUT2D eigenvalue weighted by atomic mass is 16.3. The quantitative estimate of drug-likeness (QED) is 0.747. The second-order valence-electron chi connectivity index (χ2n) is 5.49. The molecule has 3 N–H and O–H groups in total. The van der Waals surface area contributed by atoms with Crippen LogP contribution in [0.1, 0.15) is 35.2 Å². The molecule has 3 rings (SSSR count). The van der Waals surface area contributed by atoms with Crippen molar-refractivity contribution in [1.29, 1.82) is 0 Å². The number of β-amino-alcohol motifs (C(OH)–C–C–N with tert-alkyl or cyclic N) is 1. The molecule has 2 atom stereocenters. The predicted molar refractivity (Wildman–Crippen MR) is 74.8 cm³/mol. The molecule has 0 saturated carbocycles. The van der Waals surface area contributed by atoms with Crippen LogP contribution in [0.4, 0.5) is 5.69 Å². The minimum absolute atomic E-state index is 0.150. The van der Waals surface area contributed by atoms with Crippen molar-refractivity contribution in [1.82, 2.24) is 5.32 Å². The van der Waals surface area contributed by atoms with E-state index in [0.29, 0.717) is 25.1 Å². The summed E-state index contributed by atoms with van der Waals surface area (Å²) in [5, 5.41) is 15.2. The summed E-state index contributed by atoms with van der Waals surface area (Å²) in [7, 11) is 0. The molecule has 1 aliphatic heterocycles. The number of aliphatic hydroxyl groups is 1. The fraction of sp³-hybridized carbons (Fsp3) is 0.467. The zero-order valence-electron chi connectivity index (χ0n) is 11.2. The molecule has 5 heteroatoms. The van der Waals surface area contributed by atoms with E-state index >= 15 is 0 Å². The van der Waals surface area contributed by atoms with Crippen molar-refractivity contribution in [2.24, 2.45) is 0 Å². The fourth-order valence-electron chi connectivity index (χ4n) is 2.85. The van der Waals surface area contributed by atoms with E-state index < -0.39 is 6.10 Å². The Labute approximate surface area is 117 Å². The van der Waals surface area contributed by atoms with E-state index in [0.717, 1.165) is 24.0 Å². The Morgan fingerprint density at radius 2 is 2.20 bits per heavy atom. The third kappa shape index (κ3) is 2.59. The summed E-state index contributed by atoms with van der Waals surface area (Å²) >= 11 is 0. The third-order valence-electron chi connectivity index (χ3n) is 3.95. The first-order valence-corrected chi connectivity index (χ1v) is 7.02. The van der Waals surface area contributed by atoms with E-state index in [1.807, 2.05) is 12.1 Å². The van der Waals surface area contributed by atoms with Crippen molar-refractivity contribution < 1.29 is 14.7 Å². The molecule has 0 radical (unpaired) electrons. The third-order valence-corrected chi connectivity index (χ3v) is 3.95. The van der Waals surface area contributed by atoms with Crippen LogP contribution in [0, 0.1) is 0 Å². The maximum atomic E-state index is 12.0. The van der Waals surface area contributed by atoms with Crippen molar-refractivity contribution >= 4 is 17.4 Å². The number of amides is 1. The van der Waals surface area contributed by atoms with Crippen molar-refractivity contribution in [3.8, 4) is 0 Å². The molecule has 0 spiro atoms. The van der Waals surface area contributed by atoms with Crippen molar-refractivity contribution in [2.75, 3.05) is 11.9 Å². The van der Waals surface area contributed by atoms with Crippen LogP contribution in [0.3, 0.4) is 0 Å². The number of nitrogens with one attached hydrogen (secondary N) is 2. The second kappa shape index (κ2) is 5.34. The van der Waals surface area contributed by atoms with Crippen LogP contribution in [0.2, 0.25) is 0 Å². The van der Waals surface area contributed by atoms with Crippen molar-refractivity contribution in [2.45, 2.75) is 37.8 Å². The standard InChI is InChI=1S/C15H18N2O3/c18-11-7-13(16-8-11)15(20)17-10-5-4-9-2-1-3-14(19)12(9)6-10/h4-6,11,13,16,18H,1-3,7-8H2,(H,17,20). The molecule has 1 fully saturated rings. The van der Waals surface area contributed by atoms with E-state index in [1.165, 1.54) is 0 Å². The Bertz CT molecular complexity index is 556. The van der Waals surface area contributed by atoms with E-state index in [1.54, 1.807) is 6.07 Å². The zero-order valence-corrected chi connectivity index (χ0v) is 11.2. The van der Waals surface area contributed by atoms with Gasteiger partial charge in [-0.3, -0.25) is 9.59 Å². The number of aliphatic hydroxyl groups excluding tert-OH is 1. The average molecular weight is 274 g/mol. The lowest BCUT2D eigenvalue weighted by Crippen LogP contribution is -2.35. The summed E-state index contributed by atoms with van der Waals surface area (Å²) in [5.41, 5.74) is 2.44. The van der Waals surface area contributed by atoms with Crippen molar-refractivity contribution in [3.63, 3.8) is 0 Å². The molecule has 1 aliphatic carbocycles. The van der Waals surface area contributed by atoms with Gasteiger partial charge in [-0.1, -0.05) is 6.07 Å². The topological polar surface area (TPSA) is 78.4 Å². The number of carbonyl (C=O) groups is 2. The van der Waals surface area contributed by atoms with Gasteiger partial charge in [0.15, 0.2) is 5.78 Å². The van der Waals surface area contributed by atoms with Gasteiger partial charge in [0.2, 0.25) is 5.91 Å². The molecule has 2 aliphatic rings. The number of anilines is 1. The number of hydrogen-bond donors (Lipinski definition) is 3. The van der Waals surface area contributed by atoms with Gasteiger partial charge in [-0.25, -0.2) is 0 Å². The number of carbonyl (C=O) groups excluding carboxylic acids is 2. The lowest BCUT2D eigenvalue weighted by Gasteiger charge is -2.17. The van der Waals surface area contributed by atoms with Gasteiger partial charge in [0.25, 0.3) is 0 Å². The van der Waals surface area contributed by atoms with Gasteiger partial charge in [0.05, 0.1) is 12.1 Å². The highest BCUT2D eigenvalue weighted by Gasteiger charge is 2.28. The first kappa shape index (κ1) is 13.3. The van der Waals surface area contributed by atoms with Gasteiger partial charge >= 0.3 is 0 Å². The number of hydrogen-bond acceptors (Lipinski definition) is 4. The van der Waals surface area contributed by atoms with Crippen LogP contribution in [0.25, 0.3) is 0 Å². The van der Waals surface area contributed by atoms with Gasteiger partial charge in [-0.05, 0) is 37.0 Å². The van der Waals surface area contributed by atoms with Gasteiger partial charge in [-0.15, -0.1) is 0 Å². The molecular formula is C15H18N2O3. The highest BCUT2D eigenvalue weighted by Crippen LogP contribution is 2.24. The summed E-state index contributed by atoms with van der Waals surface area (Å²) in [4.78, 5) is 23.9. The average Bonchev–Trinajstić information content (AvgIpc) is 2.86. The maximum Gasteiger partial charge on any atom is 0.241 e. The number of rotatable bonds is 2. The van der Waals surface area contributed by atoms with E-state index in [-0.39, 0.29) is 17.7 Å². The molecule has 1 aromatic rings. The normalized spacial score (nSPS) is 25.4. The monoisotopic (exact) mass is 274 g/mol. The summed E-state index contributed by atoms with van der Waals surface area (Å²) in [6, 6.07) is 5.15. The van der Waals surface area contributed by atoms with E-state index in [9.17, 15) is 14.7 Å². The highest BCUT2D eigenvalue weighted by molar-refractivity contribution is 6.01. The Balaban J connectivity index is 1.73. The lowest BCUT2D eigenvalue weighted by atomic mass is 9.90. The number of fused-ring (bicyclic) bond motifs is 1. The molecule has 106 valence electrons. The maximum absolute atomic E-state index is 12.0. The van der Waals surface area contributed by atoms with Crippen LogP contribution in [0.5, 0.6) is 0 Å². The minimum atomic E-state index is -0.462. The van der Waals surface area contributed by atoms with Gasteiger partial charge < -0.3 is 15.7 Å². The molecule has 1 heterocycles. The minimum Gasteiger partial charge on any atom is -0.392 e. The number of benzene rings is 1. The number of aryl methyl sites for hydroxylation is 1. The Hall–Kier alpha value is -1.72. The summed E-state index contributed by atoms with van der Waals surface area (Å²) in [6.07, 6.45) is 2.37. The van der Waals surface area contributed by atoms with Gasteiger partial charge in [0, 0.05) is 24.2 Å². The molecule has 20 heavy (non-hydrogen) atoms. The summed E-state index contributed by atoms with van der Waals surface area (Å²) < 4.78 is 0. The number of Topliss-reactive ketones (excluding diaryl/α,β-unsaturated/α-hetero) is 1. The molecule has 1 saturated heterocycles. The molecule has 1 amide bonds. The lowest BCUT2D eigenvalue weighted by molar-refractivity contribution is -0.117.